The molecule has 1 aliphatic heterocycles. The molecule has 1 N–H and O–H groups in total. The molecule has 32 heavy (non-hydrogen) atoms. The molecule has 0 spiro atoms. The first-order valence-corrected chi connectivity index (χ1v) is 11.9. The van der Waals surface area contributed by atoms with E-state index in [4.69, 9.17) is 16.3 Å². The molecule has 8 heteroatoms. The Hall–Kier alpha value is -3.03. The Balaban J connectivity index is 1.71. The summed E-state index contributed by atoms with van der Waals surface area (Å²) >= 11 is 6.14. The lowest BCUT2D eigenvalue weighted by Gasteiger charge is -2.35. The maximum Gasteiger partial charge on any atom is 0.267 e. The minimum Gasteiger partial charge on any atom is -0.476 e. The van der Waals surface area contributed by atoms with Gasteiger partial charge in [0.25, 0.3) is 15.9 Å². The zero-order valence-corrected chi connectivity index (χ0v) is 19.5. The van der Waals surface area contributed by atoms with Gasteiger partial charge in [-0.25, -0.2) is 8.42 Å². The molecule has 3 aromatic carbocycles. The highest BCUT2D eigenvalue weighted by atomic mass is 35.5. The average Bonchev–Trinajstić information content (AvgIpc) is 2.75. The van der Waals surface area contributed by atoms with Crippen LogP contribution < -0.4 is 14.4 Å². The fraction of sp³-hybridized carbons (Fsp3) is 0.208. The van der Waals surface area contributed by atoms with Crippen LogP contribution in [-0.2, 0) is 14.8 Å². The van der Waals surface area contributed by atoms with E-state index in [9.17, 15) is 13.2 Å². The van der Waals surface area contributed by atoms with E-state index < -0.39 is 22.0 Å². The third kappa shape index (κ3) is 4.18. The van der Waals surface area contributed by atoms with Gasteiger partial charge in [-0.2, -0.15) is 0 Å². The van der Waals surface area contributed by atoms with Crippen LogP contribution >= 0.6 is 11.6 Å². The topological polar surface area (TPSA) is 75.7 Å². The van der Waals surface area contributed by atoms with E-state index in [0.29, 0.717) is 16.4 Å². The molecular formula is C24H23ClN2O4S. The van der Waals surface area contributed by atoms with Crippen molar-refractivity contribution < 1.29 is 17.9 Å². The van der Waals surface area contributed by atoms with Crippen molar-refractivity contribution in [2.75, 3.05) is 16.2 Å². The predicted molar refractivity (Wildman–Crippen MR) is 126 cm³/mol. The van der Waals surface area contributed by atoms with E-state index in [1.165, 1.54) is 10.4 Å². The van der Waals surface area contributed by atoms with Gasteiger partial charge in [0.05, 0.1) is 17.1 Å². The van der Waals surface area contributed by atoms with Gasteiger partial charge < -0.3 is 10.1 Å². The van der Waals surface area contributed by atoms with Crippen LogP contribution in [0.1, 0.15) is 16.7 Å². The number of hydrogen-bond acceptors (Lipinski definition) is 4. The maximum atomic E-state index is 13.5. The van der Waals surface area contributed by atoms with Gasteiger partial charge >= 0.3 is 0 Å². The molecule has 0 saturated heterocycles. The SMILES string of the molecule is Cc1ccc(S(=O)(=O)N2CC(C(=O)Nc3c(C)cccc3C)Oc3ccc(Cl)cc32)cc1. The van der Waals surface area contributed by atoms with Crippen molar-refractivity contribution >= 4 is 38.9 Å². The van der Waals surface area contributed by atoms with Crippen molar-refractivity contribution in [3.63, 3.8) is 0 Å². The molecule has 0 aromatic heterocycles. The number of amides is 1. The van der Waals surface area contributed by atoms with Crippen LogP contribution in [0.15, 0.2) is 65.6 Å². The number of para-hydroxylation sites is 1. The lowest BCUT2D eigenvalue weighted by Crippen LogP contribution is -2.49. The van der Waals surface area contributed by atoms with Gasteiger partial charge in [0.1, 0.15) is 5.75 Å². The number of hydrogen-bond donors (Lipinski definition) is 1. The van der Waals surface area contributed by atoms with Crippen molar-refractivity contribution in [2.45, 2.75) is 31.8 Å². The van der Waals surface area contributed by atoms with Crippen molar-refractivity contribution in [1.82, 2.24) is 0 Å². The second-order valence-electron chi connectivity index (χ2n) is 7.82. The molecule has 0 saturated carbocycles. The molecule has 4 rings (SSSR count). The summed E-state index contributed by atoms with van der Waals surface area (Å²) in [6, 6.07) is 17.0. The summed E-state index contributed by atoms with van der Waals surface area (Å²) in [5.74, 6) is -0.148. The predicted octanol–water partition coefficient (Wildman–Crippen LogP) is 4.86. The summed E-state index contributed by atoms with van der Waals surface area (Å²) in [5.41, 5.74) is 3.75. The smallest absolute Gasteiger partial charge is 0.267 e. The van der Waals surface area contributed by atoms with Crippen LogP contribution in [0.25, 0.3) is 0 Å². The second-order valence-corrected chi connectivity index (χ2v) is 10.1. The van der Waals surface area contributed by atoms with Crippen LogP contribution in [0.2, 0.25) is 5.02 Å². The molecule has 0 fully saturated rings. The van der Waals surface area contributed by atoms with Gasteiger partial charge in [0.15, 0.2) is 6.10 Å². The van der Waals surface area contributed by atoms with Crippen LogP contribution in [0.4, 0.5) is 11.4 Å². The molecule has 0 radical (unpaired) electrons. The van der Waals surface area contributed by atoms with E-state index in [-0.39, 0.29) is 17.2 Å². The monoisotopic (exact) mass is 470 g/mol. The molecule has 1 amide bonds. The highest BCUT2D eigenvalue weighted by Gasteiger charge is 2.38. The Morgan fingerprint density at radius 3 is 2.34 bits per heavy atom. The zero-order chi connectivity index (χ0) is 23.0. The quantitative estimate of drug-likeness (QED) is 0.590. The lowest BCUT2D eigenvalue weighted by molar-refractivity contribution is -0.122. The van der Waals surface area contributed by atoms with Crippen LogP contribution in [0, 0.1) is 20.8 Å². The zero-order valence-electron chi connectivity index (χ0n) is 17.9. The number of carbonyl (C=O) groups excluding carboxylic acids is 1. The van der Waals surface area contributed by atoms with E-state index in [1.807, 2.05) is 39.0 Å². The van der Waals surface area contributed by atoms with Gasteiger partial charge in [-0.3, -0.25) is 9.10 Å². The number of carbonyl (C=O) groups is 1. The third-order valence-electron chi connectivity index (χ3n) is 5.42. The first kappa shape index (κ1) is 22.2. The number of halogens is 1. The molecule has 1 atom stereocenters. The number of sulfonamides is 1. The minimum absolute atomic E-state index is 0.129. The Morgan fingerprint density at radius 1 is 1.03 bits per heavy atom. The molecule has 1 unspecified atom stereocenters. The highest BCUT2D eigenvalue weighted by molar-refractivity contribution is 7.92. The summed E-state index contributed by atoms with van der Waals surface area (Å²) in [5, 5.41) is 3.27. The van der Waals surface area contributed by atoms with Crippen LogP contribution in [0.5, 0.6) is 5.75 Å². The fourth-order valence-corrected chi connectivity index (χ4v) is 5.28. The molecule has 1 aliphatic rings. The molecule has 0 aliphatic carbocycles. The minimum atomic E-state index is -3.95. The Labute approximate surface area is 192 Å². The van der Waals surface area contributed by atoms with E-state index in [1.54, 1.807) is 36.4 Å². The number of rotatable bonds is 4. The Bertz CT molecular complexity index is 1270. The number of nitrogens with one attached hydrogen (secondary N) is 1. The van der Waals surface area contributed by atoms with Gasteiger partial charge in [0.2, 0.25) is 0 Å². The van der Waals surface area contributed by atoms with Gasteiger partial charge in [-0.1, -0.05) is 47.5 Å². The summed E-state index contributed by atoms with van der Waals surface area (Å²) in [6.07, 6.45) is -1.04. The van der Waals surface area contributed by atoms with Gasteiger partial charge in [-0.05, 0) is 62.2 Å². The van der Waals surface area contributed by atoms with Crippen LogP contribution in [0.3, 0.4) is 0 Å². The van der Waals surface area contributed by atoms with E-state index in [2.05, 4.69) is 5.32 Å². The van der Waals surface area contributed by atoms with E-state index in [0.717, 1.165) is 16.7 Å². The molecular weight excluding hydrogens is 448 g/mol. The van der Waals surface area contributed by atoms with Crippen molar-refractivity contribution in [3.8, 4) is 5.75 Å². The second kappa shape index (κ2) is 8.48. The first-order chi connectivity index (χ1) is 15.2. The highest BCUT2D eigenvalue weighted by Crippen LogP contribution is 2.39. The normalized spacial score (nSPS) is 15.6. The van der Waals surface area contributed by atoms with Gasteiger partial charge in [-0.15, -0.1) is 0 Å². The third-order valence-corrected chi connectivity index (χ3v) is 7.45. The lowest BCUT2D eigenvalue weighted by atomic mass is 10.1. The molecule has 1 heterocycles. The average molecular weight is 471 g/mol. The largest absolute Gasteiger partial charge is 0.476 e. The summed E-state index contributed by atoms with van der Waals surface area (Å²) in [7, 11) is -3.95. The molecule has 166 valence electrons. The Kier molecular flexibility index (Phi) is 5.88. The fourth-order valence-electron chi connectivity index (χ4n) is 3.64. The molecule has 6 nitrogen and oxygen atoms in total. The maximum absolute atomic E-state index is 13.5. The number of anilines is 2. The summed E-state index contributed by atoms with van der Waals surface area (Å²) < 4.78 is 34.1. The van der Waals surface area contributed by atoms with Crippen LogP contribution in [-0.4, -0.2) is 27.0 Å². The number of fused-ring (bicyclic) bond motifs is 1. The Morgan fingerprint density at radius 2 is 1.69 bits per heavy atom. The number of ether oxygens (including phenoxy) is 1. The van der Waals surface area contributed by atoms with Crippen molar-refractivity contribution in [3.05, 3.63) is 82.4 Å². The number of aryl methyl sites for hydroxylation is 3. The molecule has 0 bridgehead atoms. The molecule has 3 aromatic rings. The number of nitrogens with zero attached hydrogens (tertiary/aromatic N) is 1. The first-order valence-electron chi connectivity index (χ1n) is 10.1. The van der Waals surface area contributed by atoms with E-state index >= 15 is 0 Å². The number of benzene rings is 3. The summed E-state index contributed by atoms with van der Waals surface area (Å²) in [6.45, 7) is 5.50. The van der Waals surface area contributed by atoms with Crippen molar-refractivity contribution in [2.24, 2.45) is 0 Å². The standard InChI is InChI=1S/C24H23ClN2O4S/c1-15-7-10-19(11-8-15)32(29,30)27-14-22(31-21-12-9-18(25)13-20(21)27)24(28)26-23-16(2)5-4-6-17(23)3/h4-13,22H,14H2,1-3H3,(H,26,28). The van der Waals surface area contributed by atoms with Gasteiger partial charge in [0, 0.05) is 10.7 Å². The summed E-state index contributed by atoms with van der Waals surface area (Å²) in [4.78, 5) is 13.2. The van der Waals surface area contributed by atoms with Crippen molar-refractivity contribution in [1.29, 1.82) is 0 Å².